The van der Waals surface area contributed by atoms with Crippen molar-refractivity contribution in [1.29, 1.82) is 0 Å². The zero-order valence-electron chi connectivity index (χ0n) is 12.3. The van der Waals surface area contributed by atoms with Gasteiger partial charge in [-0.05, 0) is 55.5 Å². The van der Waals surface area contributed by atoms with Crippen molar-refractivity contribution in [3.05, 3.63) is 60.2 Å². The summed E-state index contributed by atoms with van der Waals surface area (Å²) in [6.45, 7) is 4.31. The minimum Gasteiger partial charge on any atom is -0.457 e. The van der Waals surface area contributed by atoms with Crippen molar-refractivity contribution in [3.63, 3.8) is 0 Å². The summed E-state index contributed by atoms with van der Waals surface area (Å²) in [5, 5.41) is 0. The molecule has 0 aliphatic carbocycles. The lowest BCUT2D eigenvalue weighted by molar-refractivity contribution is 0.475. The van der Waals surface area contributed by atoms with Gasteiger partial charge in [-0.3, -0.25) is 0 Å². The molecule has 2 heteroatoms. The maximum Gasteiger partial charge on any atom is 0.127 e. The van der Waals surface area contributed by atoms with E-state index in [0.717, 1.165) is 24.3 Å². The first-order chi connectivity index (χ1) is 9.63. The van der Waals surface area contributed by atoms with Crippen molar-refractivity contribution < 1.29 is 4.74 Å². The second-order valence-corrected chi connectivity index (χ2v) is 5.58. The lowest BCUT2D eigenvalue weighted by Gasteiger charge is -2.14. The Morgan fingerprint density at radius 1 is 0.900 bits per heavy atom. The largest absolute Gasteiger partial charge is 0.457 e. The summed E-state index contributed by atoms with van der Waals surface area (Å²) in [6.07, 6.45) is 2.12. The van der Waals surface area contributed by atoms with Gasteiger partial charge in [0, 0.05) is 6.04 Å². The summed E-state index contributed by atoms with van der Waals surface area (Å²) in [7, 11) is 0. The van der Waals surface area contributed by atoms with Crippen LogP contribution in [0, 0.1) is 5.92 Å². The third-order valence-corrected chi connectivity index (χ3v) is 3.26. The van der Waals surface area contributed by atoms with Crippen LogP contribution in [-0.2, 0) is 6.42 Å². The van der Waals surface area contributed by atoms with Crippen molar-refractivity contribution in [3.8, 4) is 11.5 Å². The topological polar surface area (TPSA) is 35.2 Å². The minimum absolute atomic E-state index is 0.269. The van der Waals surface area contributed by atoms with Crippen LogP contribution < -0.4 is 10.5 Å². The van der Waals surface area contributed by atoms with Gasteiger partial charge >= 0.3 is 0 Å². The lowest BCUT2D eigenvalue weighted by atomic mass is 9.95. The number of para-hydroxylation sites is 1. The smallest absolute Gasteiger partial charge is 0.127 e. The zero-order valence-corrected chi connectivity index (χ0v) is 12.3. The van der Waals surface area contributed by atoms with E-state index in [1.807, 2.05) is 42.5 Å². The average Bonchev–Trinajstić information content (AvgIpc) is 2.41. The summed E-state index contributed by atoms with van der Waals surface area (Å²) >= 11 is 0. The lowest BCUT2D eigenvalue weighted by Crippen LogP contribution is -2.19. The quantitative estimate of drug-likeness (QED) is 0.843. The molecule has 0 amide bonds. The van der Waals surface area contributed by atoms with E-state index in [2.05, 4.69) is 26.0 Å². The summed E-state index contributed by atoms with van der Waals surface area (Å²) in [4.78, 5) is 0. The van der Waals surface area contributed by atoms with Crippen LogP contribution in [-0.4, -0.2) is 6.04 Å². The zero-order chi connectivity index (χ0) is 14.4. The van der Waals surface area contributed by atoms with Crippen molar-refractivity contribution >= 4 is 0 Å². The Labute approximate surface area is 121 Å². The molecule has 2 N–H and O–H groups in total. The highest BCUT2D eigenvalue weighted by Gasteiger charge is 2.06. The number of nitrogens with two attached hydrogens (primary N) is 1. The van der Waals surface area contributed by atoms with Gasteiger partial charge < -0.3 is 10.5 Å². The minimum atomic E-state index is 0.269. The Bertz CT molecular complexity index is 505. The fourth-order valence-corrected chi connectivity index (χ4v) is 2.44. The van der Waals surface area contributed by atoms with Crippen LogP contribution in [0.2, 0.25) is 0 Å². The van der Waals surface area contributed by atoms with Crippen LogP contribution in [0.5, 0.6) is 11.5 Å². The van der Waals surface area contributed by atoms with Crippen molar-refractivity contribution in [2.45, 2.75) is 32.7 Å². The van der Waals surface area contributed by atoms with Gasteiger partial charge in [-0.1, -0.05) is 37.3 Å². The molecule has 2 atom stereocenters. The first kappa shape index (κ1) is 14.6. The summed E-state index contributed by atoms with van der Waals surface area (Å²) in [5.41, 5.74) is 7.17. The maximum atomic E-state index is 5.84. The molecule has 2 aromatic rings. The van der Waals surface area contributed by atoms with Crippen LogP contribution in [0.15, 0.2) is 54.6 Å². The molecule has 0 aliphatic rings. The van der Waals surface area contributed by atoms with E-state index in [1.165, 1.54) is 5.56 Å². The second kappa shape index (κ2) is 7.11. The molecule has 2 rings (SSSR count). The fourth-order valence-electron chi connectivity index (χ4n) is 2.44. The van der Waals surface area contributed by atoms with E-state index in [4.69, 9.17) is 10.5 Å². The third kappa shape index (κ3) is 4.71. The van der Waals surface area contributed by atoms with Gasteiger partial charge in [-0.15, -0.1) is 0 Å². The highest BCUT2D eigenvalue weighted by molar-refractivity contribution is 5.33. The Morgan fingerprint density at radius 2 is 1.50 bits per heavy atom. The maximum absolute atomic E-state index is 5.84. The molecule has 0 bridgehead atoms. The predicted octanol–water partition coefficient (Wildman–Crippen LogP) is 4.39. The highest BCUT2D eigenvalue weighted by Crippen LogP contribution is 2.22. The molecule has 2 aromatic carbocycles. The molecule has 0 heterocycles. The van der Waals surface area contributed by atoms with Gasteiger partial charge in [0.05, 0.1) is 0 Å². The molecule has 0 radical (unpaired) electrons. The molecule has 106 valence electrons. The van der Waals surface area contributed by atoms with Crippen LogP contribution in [0.3, 0.4) is 0 Å². The van der Waals surface area contributed by atoms with E-state index in [-0.39, 0.29) is 6.04 Å². The van der Waals surface area contributed by atoms with Crippen LogP contribution in [0.25, 0.3) is 0 Å². The first-order valence-electron chi connectivity index (χ1n) is 7.21. The Balaban J connectivity index is 1.93. The van der Waals surface area contributed by atoms with Crippen LogP contribution >= 0.6 is 0 Å². The van der Waals surface area contributed by atoms with E-state index in [1.54, 1.807) is 0 Å². The fraction of sp³-hybridized carbons (Fsp3) is 0.333. The molecule has 0 saturated carbocycles. The van der Waals surface area contributed by atoms with Gasteiger partial charge in [-0.2, -0.15) is 0 Å². The molecule has 20 heavy (non-hydrogen) atoms. The van der Waals surface area contributed by atoms with Gasteiger partial charge in [-0.25, -0.2) is 0 Å². The van der Waals surface area contributed by atoms with Crippen LogP contribution in [0.4, 0.5) is 0 Å². The highest BCUT2D eigenvalue weighted by atomic mass is 16.5. The first-order valence-corrected chi connectivity index (χ1v) is 7.21. The third-order valence-electron chi connectivity index (χ3n) is 3.26. The molecule has 0 aromatic heterocycles. The predicted molar refractivity (Wildman–Crippen MR) is 84.1 cm³/mol. The van der Waals surface area contributed by atoms with Gasteiger partial charge in [0.15, 0.2) is 0 Å². The molecule has 0 saturated heterocycles. The van der Waals surface area contributed by atoms with Gasteiger partial charge in [0.25, 0.3) is 0 Å². The van der Waals surface area contributed by atoms with Gasteiger partial charge in [0.2, 0.25) is 0 Å². The monoisotopic (exact) mass is 269 g/mol. The standard InChI is InChI=1S/C18H23NO/c1-14(12-15(2)19)13-16-8-10-18(11-9-16)20-17-6-4-3-5-7-17/h3-11,14-15H,12-13,19H2,1-2H3. The second-order valence-electron chi connectivity index (χ2n) is 5.58. The van der Waals surface area contributed by atoms with E-state index >= 15 is 0 Å². The molecule has 0 aliphatic heterocycles. The molecule has 2 nitrogen and oxygen atoms in total. The molecule has 0 spiro atoms. The van der Waals surface area contributed by atoms with Crippen molar-refractivity contribution in [2.75, 3.05) is 0 Å². The summed E-state index contributed by atoms with van der Waals surface area (Å²) in [6, 6.07) is 18.4. The SMILES string of the molecule is CC(N)CC(C)Cc1ccc(Oc2ccccc2)cc1. The normalized spacial score (nSPS) is 13.8. The summed E-state index contributed by atoms with van der Waals surface area (Å²) < 4.78 is 5.78. The number of hydrogen-bond donors (Lipinski definition) is 1. The number of benzene rings is 2. The number of rotatable bonds is 6. The van der Waals surface area contributed by atoms with Crippen LogP contribution in [0.1, 0.15) is 25.8 Å². The van der Waals surface area contributed by atoms with E-state index < -0.39 is 0 Å². The molecule has 0 fully saturated rings. The molecular formula is C18H23NO. The van der Waals surface area contributed by atoms with Crippen molar-refractivity contribution in [2.24, 2.45) is 11.7 Å². The Morgan fingerprint density at radius 3 is 2.10 bits per heavy atom. The van der Waals surface area contributed by atoms with Crippen molar-refractivity contribution in [1.82, 2.24) is 0 Å². The molecular weight excluding hydrogens is 246 g/mol. The van der Waals surface area contributed by atoms with Gasteiger partial charge in [0.1, 0.15) is 11.5 Å². The number of ether oxygens (including phenoxy) is 1. The Hall–Kier alpha value is -1.80. The average molecular weight is 269 g/mol. The Kier molecular flexibility index (Phi) is 5.19. The number of hydrogen-bond acceptors (Lipinski definition) is 2. The molecule has 2 unspecified atom stereocenters. The van der Waals surface area contributed by atoms with E-state index in [9.17, 15) is 0 Å². The van der Waals surface area contributed by atoms with E-state index in [0.29, 0.717) is 5.92 Å². The summed E-state index contributed by atoms with van der Waals surface area (Å²) in [5.74, 6) is 2.35.